The molecule has 0 spiro atoms. The van der Waals surface area contributed by atoms with Crippen LogP contribution in [0.25, 0.3) is 0 Å². The van der Waals surface area contributed by atoms with Gasteiger partial charge in [-0.2, -0.15) is 0 Å². The number of hydrogen-bond donors (Lipinski definition) is 0. The molecule has 0 aliphatic heterocycles. The summed E-state index contributed by atoms with van der Waals surface area (Å²) < 4.78 is 27.1. The molecule has 0 saturated carbocycles. The van der Waals surface area contributed by atoms with Crippen molar-refractivity contribution >= 4 is 0 Å². The van der Waals surface area contributed by atoms with Gasteiger partial charge in [0.2, 0.25) is 0 Å². The summed E-state index contributed by atoms with van der Waals surface area (Å²) in [6.45, 7) is 2.20. The Morgan fingerprint density at radius 1 is 1.27 bits per heavy atom. The predicted octanol–water partition coefficient (Wildman–Crippen LogP) is 1.91. The number of benzene rings is 1. The molecule has 0 aliphatic carbocycles. The number of aryl methyl sites for hydroxylation is 1. The quantitative estimate of drug-likeness (QED) is 0.756. The van der Waals surface area contributed by atoms with E-state index < -0.39 is 11.6 Å². The van der Waals surface area contributed by atoms with E-state index in [-0.39, 0.29) is 0 Å². The van der Waals surface area contributed by atoms with Crippen molar-refractivity contribution in [2.24, 2.45) is 0 Å². The Labute approximate surface area is 85.3 Å². The Bertz CT molecular complexity index is 479. The second-order valence-corrected chi connectivity index (χ2v) is 3.31. The summed E-state index contributed by atoms with van der Waals surface area (Å²) in [7, 11) is 0. The molecule has 0 radical (unpaired) electrons. The fraction of sp³-hybridized carbons (Fsp3) is 0.200. The SMILES string of the molecule is Cc1cn(Cc2ccc(F)c(F)c2)nn1. The third-order valence-electron chi connectivity index (χ3n) is 1.98. The predicted molar refractivity (Wildman–Crippen MR) is 50.2 cm³/mol. The molecule has 0 aliphatic rings. The van der Waals surface area contributed by atoms with Crippen LogP contribution in [0.15, 0.2) is 24.4 Å². The average Bonchev–Trinajstić information content (AvgIpc) is 2.58. The van der Waals surface area contributed by atoms with Crippen LogP contribution in [0.5, 0.6) is 0 Å². The van der Waals surface area contributed by atoms with Crippen LogP contribution < -0.4 is 0 Å². The molecule has 2 rings (SSSR count). The highest BCUT2D eigenvalue weighted by molar-refractivity contribution is 5.17. The molecule has 0 unspecified atom stereocenters. The lowest BCUT2D eigenvalue weighted by atomic mass is 10.2. The normalized spacial score (nSPS) is 10.6. The zero-order chi connectivity index (χ0) is 10.8. The largest absolute Gasteiger partial charge is 0.248 e. The van der Waals surface area contributed by atoms with Crippen LogP contribution in [0.1, 0.15) is 11.3 Å². The van der Waals surface area contributed by atoms with E-state index in [9.17, 15) is 8.78 Å². The summed E-state index contributed by atoms with van der Waals surface area (Å²) in [5.41, 5.74) is 1.44. The topological polar surface area (TPSA) is 30.7 Å². The van der Waals surface area contributed by atoms with Crippen LogP contribution >= 0.6 is 0 Å². The first-order valence-electron chi connectivity index (χ1n) is 4.46. The molecule has 15 heavy (non-hydrogen) atoms. The summed E-state index contributed by atoms with van der Waals surface area (Å²) in [5, 5.41) is 7.61. The second-order valence-electron chi connectivity index (χ2n) is 3.31. The van der Waals surface area contributed by atoms with Gasteiger partial charge >= 0.3 is 0 Å². The lowest BCUT2D eigenvalue weighted by molar-refractivity contribution is 0.505. The minimum Gasteiger partial charge on any atom is -0.248 e. The summed E-state index contributed by atoms with van der Waals surface area (Å²) >= 11 is 0. The number of nitrogens with zero attached hydrogens (tertiary/aromatic N) is 3. The summed E-state index contributed by atoms with van der Waals surface area (Å²) in [6, 6.07) is 3.79. The lowest BCUT2D eigenvalue weighted by Crippen LogP contribution is -2.01. The Balaban J connectivity index is 2.21. The molecule has 5 heteroatoms. The van der Waals surface area contributed by atoms with E-state index in [1.807, 2.05) is 6.92 Å². The minimum absolute atomic E-state index is 0.387. The molecule has 0 N–H and O–H groups in total. The average molecular weight is 209 g/mol. The van der Waals surface area contributed by atoms with Crippen LogP contribution in [0.3, 0.4) is 0 Å². The molecule has 0 saturated heterocycles. The maximum Gasteiger partial charge on any atom is 0.159 e. The van der Waals surface area contributed by atoms with Crippen LogP contribution in [0.2, 0.25) is 0 Å². The van der Waals surface area contributed by atoms with Crippen molar-refractivity contribution in [1.29, 1.82) is 0 Å². The number of hydrogen-bond acceptors (Lipinski definition) is 2. The Kier molecular flexibility index (Phi) is 2.45. The maximum atomic E-state index is 12.9. The van der Waals surface area contributed by atoms with Gasteiger partial charge in [0.1, 0.15) is 0 Å². The molecule has 78 valence electrons. The van der Waals surface area contributed by atoms with Gasteiger partial charge in [-0.05, 0) is 24.6 Å². The highest BCUT2D eigenvalue weighted by atomic mass is 19.2. The maximum absolute atomic E-state index is 12.9. The first kappa shape index (κ1) is 9.76. The van der Waals surface area contributed by atoms with Crippen molar-refractivity contribution in [3.05, 3.63) is 47.3 Å². The van der Waals surface area contributed by atoms with Gasteiger partial charge in [0.15, 0.2) is 11.6 Å². The molecule has 0 fully saturated rings. The monoisotopic (exact) mass is 209 g/mol. The second kappa shape index (κ2) is 3.76. The Morgan fingerprint density at radius 2 is 2.07 bits per heavy atom. The van der Waals surface area contributed by atoms with Gasteiger partial charge in [-0.1, -0.05) is 11.3 Å². The van der Waals surface area contributed by atoms with E-state index in [4.69, 9.17) is 0 Å². The zero-order valence-corrected chi connectivity index (χ0v) is 8.11. The third-order valence-corrected chi connectivity index (χ3v) is 1.98. The number of halogens is 2. The van der Waals surface area contributed by atoms with Gasteiger partial charge in [0.05, 0.1) is 12.2 Å². The molecule has 2 aromatic rings. The fourth-order valence-electron chi connectivity index (χ4n) is 1.30. The van der Waals surface area contributed by atoms with Crippen molar-refractivity contribution in [2.45, 2.75) is 13.5 Å². The zero-order valence-electron chi connectivity index (χ0n) is 8.11. The Hall–Kier alpha value is -1.78. The summed E-state index contributed by atoms with van der Waals surface area (Å²) in [5.74, 6) is -1.68. The van der Waals surface area contributed by atoms with Gasteiger partial charge in [-0.3, -0.25) is 0 Å². The molecule has 0 atom stereocenters. The first-order valence-corrected chi connectivity index (χ1v) is 4.46. The van der Waals surface area contributed by atoms with E-state index >= 15 is 0 Å². The summed E-state index contributed by atoms with van der Waals surface area (Å²) in [6.07, 6.45) is 1.74. The smallest absolute Gasteiger partial charge is 0.159 e. The number of aromatic nitrogens is 3. The van der Waals surface area contributed by atoms with Crippen molar-refractivity contribution in [1.82, 2.24) is 15.0 Å². The van der Waals surface area contributed by atoms with E-state index in [1.54, 1.807) is 10.9 Å². The van der Waals surface area contributed by atoms with Gasteiger partial charge in [0, 0.05) is 6.20 Å². The molecule has 1 aromatic heterocycles. The van der Waals surface area contributed by atoms with E-state index in [0.29, 0.717) is 12.1 Å². The van der Waals surface area contributed by atoms with Crippen LogP contribution in [0.4, 0.5) is 8.78 Å². The molecule has 1 heterocycles. The lowest BCUT2D eigenvalue weighted by Gasteiger charge is -2.01. The van der Waals surface area contributed by atoms with Crippen LogP contribution in [-0.2, 0) is 6.54 Å². The van der Waals surface area contributed by atoms with E-state index in [2.05, 4.69) is 10.3 Å². The molecule has 1 aromatic carbocycles. The third kappa shape index (κ3) is 2.18. The van der Waals surface area contributed by atoms with E-state index in [0.717, 1.165) is 17.8 Å². The highest BCUT2D eigenvalue weighted by Gasteiger charge is 2.03. The standard InChI is InChI=1S/C10H9F2N3/c1-7-5-15(14-13-7)6-8-2-3-9(11)10(12)4-8/h2-5H,6H2,1H3. The minimum atomic E-state index is -0.843. The van der Waals surface area contributed by atoms with Crippen molar-refractivity contribution in [2.75, 3.05) is 0 Å². The molecule has 0 amide bonds. The van der Waals surface area contributed by atoms with Crippen molar-refractivity contribution in [3.63, 3.8) is 0 Å². The van der Waals surface area contributed by atoms with Crippen molar-refractivity contribution in [3.8, 4) is 0 Å². The molecular weight excluding hydrogens is 200 g/mol. The van der Waals surface area contributed by atoms with Crippen LogP contribution in [0, 0.1) is 18.6 Å². The molecule has 0 bridgehead atoms. The Morgan fingerprint density at radius 3 is 2.67 bits per heavy atom. The van der Waals surface area contributed by atoms with Crippen LogP contribution in [-0.4, -0.2) is 15.0 Å². The number of rotatable bonds is 2. The van der Waals surface area contributed by atoms with Gasteiger partial charge in [-0.15, -0.1) is 5.10 Å². The molecular formula is C10H9F2N3. The fourth-order valence-corrected chi connectivity index (χ4v) is 1.30. The van der Waals surface area contributed by atoms with Gasteiger partial charge in [-0.25, -0.2) is 13.5 Å². The van der Waals surface area contributed by atoms with Gasteiger partial charge < -0.3 is 0 Å². The van der Waals surface area contributed by atoms with Crippen molar-refractivity contribution < 1.29 is 8.78 Å². The first-order chi connectivity index (χ1) is 7.15. The summed E-state index contributed by atoms with van der Waals surface area (Å²) in [4.78, 5) is 0. The highest BCUT2D eigenvalue weighted by Crippen LogP contribution is 2.09. The van der Waals surface area contributed by atoms with Gasteiger partial charge in [0.25, 0.3) is 0 Å². The van der Waals surface area contributed by atoms with E-state index in [1.165, 1.54) is 6.07 Å². The molecule has 3 nitrogen and oxygen atoms in total.